The second-order valence-corrected chi connectivity index (χ2v) is 9.49. The van der Waals surface area contributed by atoms with Gasteiger partial charge in [-0.1, -0.05) is 39.8 Å². The third kappa shape index (κ3) is 5.71. The summed E-state index contributed by atoms with van der Waals surface area (Å²) in [5.74, 6) is 1.31. The van der Waals surface area contributed by atoms with Crippen LogP contribution in [0.3, 0.4) is 0 Å². The Hall–Kier alpha value is -4.19. The number of amides is 1. The molecule has 184 valence electrons. The predicted octanol–water partition coefficient (Wildman–Crippen LogP) is 7.06. The number of carbonyl (C=O) groups excluding carboxylic acids is 1. The lowest BCUT2D eigenvalue weighted by atomic mass is 9.86. The fourth-order valence-corrected chi connectivity index (χ4v) is 3.83. The van der Waals surface area contributed by atoms with Gasteiger partial charge in [0, 0.05) is 35.4 Å². The van der Waals surface area contributed by atoms with Gasteiger partial charge in [-0.05, 0) is 71.5 Å². The molecule has 0 saturated heterocycles. The smallest absolute Gasteiger partial charge is 0.259 e. The molecule has 0 fully saturated rings. The first-order valence-corrected chi connectivity index (χ1v) is 12.0. The number of aryl methyl sites for hydroxylation is 1. The Morgan fingerprint density at radius 2 is 1.78 bits per heavy atom. The zero-order valence-corrected chi connectivity index (χ0v) is 21.3. The van der Waals surface area contributed by atoms with Gasteiger partial charge in [-0.15, -0.1) is 0 Å². The molecule has 0 bridgehead atoms. The molecule has 0 radical (unpaired) electrons. The Morgan fingerprint density at radius 3 is 2.53 bits per heavy atom. The second-order valence-electron chi connectivity index (χ2n) is 9.49. The first-order valence-electron chi connectivity index (χ1n) is 12.0. The van der Waals surface area contributed by atoms with E-state index in [1.165, 1.54) is 0 Å². The zero-order chi connectivity index (χ0) is 25.7. The number of nitrogens with one attached hydrogen (secondary N) is 1. The van der Waals surface area contributed by atoms with Crippen LogP contribution in [0.5, 0.6) is 17.4 Å². The molecule has 0 unspecified atom stereocenters. The highest BCUT2D eigenvalue weighted by atomic mass is 16.5. The van der Waals surface area contributed by atoms with E-state index in [-0.39, 0.29) is 11.3 Å². The number of anilines is 1. The fraction of sp³-hybridized carbons (Fsp3) is 0.233. The standard InChI is InChI=1S/C30H31N3O3/c1-6-22-17-20(14-16-31-22)25-11-8-15-32-29(25)36-24-10-7-9-23(19-24)33-28(34)26-18-21(30(2,3)4)12-13-27(26)35-5/h7-19H,6H2,1-5H3,(H,33,34). The lowest BCUT2D eigenvalue weighted by Gasteiger charge is -2.21. The second kappa shape index (κ2) is 10.6. The van der Waals surface area contributed by atoms with Gasteiger partial charge in [0.25, 0.3) is 5.91 Å². The molecule has 0 aliphatic heterocycles. The number of ether oxygens (including phenoxy) is 2. The maximum Gasteiger partial charge on any atom is 0.259 e. The summed E-state index contributed by atoms with van der Waals surface area (Å²) in [6, 6.07) is 20.8. The number of hydrogen-bond donors (Lipinski definition) is 1. The van der Waals surface area contributed by atoms with E-state index in [2.05, 4.69) is 43.0 Å². The molecule has 4 rings (SSSR count). The number of carbonyl (C=O) groups is 1. The van der Waals surface area contributed by atoms with Crippen LogP contribution in [0.25, 0.3) is 11.1 Å². The third-order valence-corrected chi connectivity index (χ3v) is 5.88. The van der Waals surface area contributed by atoms with Gasteiger partial charge in [0.2, 0.25) is 5.88 Å². The molecule has 0 atom stereocenters. The summed E-state index contributed by atoms with van der Waals surface area (Å²) in [5.41, 5.74) is 4.90. The van der Waals surface area contributed by atoms with Crippen molar-refractivity contribution in [3.63, 3.8) is 0 Å². The third-order valence-electron chi connectivity index (χ3n) is 5.88. The number of benzene rings is 2. The van der Waals surface area contributed by atoms with Crippen molar-refractivity contribution >= 4 is 11.6 Å². The minimum atomic E-state index is -0.252. The minimum absolute atomic E-state index is 0.0951. The highest BCUT2D eigenvalue weighted by Crippen LogP contribution is 2.33. The van der Waals surface area contributed by atoms with Crippen molar-refractivity contribution in [3.8, 4) is 28.5 Å². The maximum absolute atomic E-state index is 13.2. The summed E-state index contributed by atoms with van der Waals surface area (Å²) in [7, 11) is 1.56. The van der Waals surface area contributed by atoms with E-state index in [1.54, 1.807) is 25.6 Å². The van der Waals surface area contributed by atoms with E-state index in [9.17, 15) is 4.79 Å². The maximum atomic E-state index is 13.2. The normalized spacial score (nSPS) is 11.1. The number of nitrogens with zero attached hydrogens (tertiary/aromatic N) is 2. The molecule has 6 heteroatoms. The van der Waals surface area contributed by atoms with Gasteiger partial charge in [0.1, 0.15) is 11.5 Å². The monoisotopic (exact) mass is 481 g/mol. The summed E-state index contributed by atoms with van der Waals surface area (Å²) >= 11 is 0. The molecule has 4 aromatic rings. The van der Waals surface area contributed by atoms with E-state index in [4.69, 9.17) is 9.47 Å². The molecular formula is C30H31N3O3. The lowest BCUT2D eigenvalue weighted by molar-refractivity contribution is 0.102. The van der Waals surface area contributed by atoms with Crippen molar-refractivity contribution in [2.45, 2.75) is 39.5 Å². The van der Waals surface area contributed by atoms with Gasteiger partial charge in [-0.2, -0.15) is 0 Å². The molecular weight excluding hydrogens is 450 g/mol. The molecule has 2 heterocycles. The molecule has 6 nitrogen and oxygen atoms in total. The summed E-state index contributed by atoms with van der Waals surface area (Å²) in [4.78, 5) is 22.0. The van der Waals surface area contributed by atoms with Crippen molar-refractivity contribution in [3.05, 3.63) is 95.9 Å². The van der Waals surface area contributed by atoms with Gasteiger partial charge in [0.15, 0.2) is 0 Å². The quantitative estimate of drug-likeness (QED) is 0.306. The number of methoxy groups -OCH3 is 1. The summed E-state index contributed by atoms with van der Waals surface area (Å²) in [6.45, 7) is 8.40. The molecule has 0 aliphatic carbocycles. The Morgan fingerprint density at radius 1 is 0.944 bits per heavy atom. The molecule has 0 aliphatic rings. The summed E-state index contributed by atoms with van der Waals surface area (Å²) < 4.78 is 11.6. The summed E-state index contributed by atoms with van der Waals surface area (Å²) in [5, 5.41) is 2.97. The minimum Gasteiger partial charge on any atom is -0.496 e. The van der Waals surface area contributed by atoms with E-state index < -0.39 is 0 Å². The molecule has 2 aromatic heterocycles. The van der Waals surface area contributed by atoms with Crippen LogP contribution in [0, 0.1) is 0 Å². The van der Waals surface area contributed by atoms with Crippen LogP contribution >= 0.6 is 0 Å². The zero-order valence-electron chi connectivity index (χ0n) is 21.3. The first kappa shape index (κ1) is 24.9. The van der Waals surface area contributed by atoms with Crippen LogP contribution in [0.4, 0.5) is 5.69 Å². The SMILES string of the molecule is CCc1cc(-c2cccnc2Oc2cccc(NC(=O)c3cc(C(C)(C)C)ccc3OC)c2)ccn1. The summed E-state index contributed by atoms with van der Waals surface area (Å²) in [6.07, 6.45) is 4.33. The van der Waals surface area contributed by atoms with Crippen molar-refractivity contribution in [2.75, 3.05) is 12.4 Å². The molecule has 1 N–H and O–H groups in total. The van der Waals surface area contributed by atoms with Crippen molar-refractivity contribution in [2.24, 2.45) is 0 Å². The molecule has 36 heavy (non-hydrogen) atoms. The Balaban J connectivity index is 1.58. The molecule has 0 spiro atoms. The Bertz CT molecular complexity index is 1380. The van der Waals surface area contributed by atoms with Gasteiger partial charge >= 0.3 is 0 Å². The number of pyridine rings is 2. The van der Waals surface area contributed by atoms with Gasteiger partial charge < -0.3 is 14.8 Å². The predicted molar refractivity (Wildman–Crippen MR) is 143 cm³/mol. The Kier molecular flexibility index (Phi) is 7.34. The van der Waals surface area contributed by atoms with Crippen LogP contribution < -0.4 is 14.8 Å². The number of hydrogen-bond acceptors (Lipinski definition) is 5. The topological polar surface area (TPSA) is 73.3 Å². The average molecular weight is 482 g/mol. The average Bonchev–Trinajstić information content (AvgIpc) is 2.88. The van der Waals surface area contributed by atoms with Crippen LogP contribution in [0.1, 0.15) is 49.3 Å². The van der Waals surface area contributed by atoms with E-state index in [0.717, 1.165) is 28.8 Å². The number of aromatic nitrogens is 2. The van der Waals surface area contributed by atoms with Crippen LogP contribution in [-0.4, -0.2) is 23.0 Å². The molecule has 2 aromatic carbocycles. The van der Waals surface area contributed by atoms with E-state index in [1.807, 2.05) is 60.7 Å². The van der Waals surface area contributed by atoms with E-state index >= 15 is 0 Å². The number of rotatable bonds is 7. The van der Waals surface area contributed by atoms with Crippen LogP contribution in [0.15, 0.2) is 79.1 Å². The van der Waals surface area contributed by atoms with E-state index in [0.29, 0.717) is 28.6 Å². The van der Waals surface area contributed by atoms with Gasteiger partial charge in [0.05, 0.1) is 12.7 Å². The van der Waals surface area contributed by atoms with Crippen molar-refractivity contribution in [1.29, 1.82) is 0 Å². The highest BCUT2D eigenvalue weighted by molar-refractivity contribution is 6.06. The highest BCUT2D eigenvalue weighted by Gasteiger charge is 2.20. The Labute approximate surface area is 212 Å². The van der Waals surface area contributed by atoms with Crippen molar-refractivity contribution < 1.29 is 14.3 Å². The lowest BCUT2D eigenvalue weighted by Crippen LogP contribution is -2.17. The van der Waals surface area contributed by atoms with Crippen molar-refractivity contribution in [1.82, 2.24) is 9.97 Å². The first-order chi connectivity index (χ1) is 17.3. The molecule has 0 saturated carbocycles. The van der Waals surface area contributed by atoms with Crippen LogP contribution in [0.2, 0.25) is 0 Å². The van der Waals surface area contributed by atoms with Gasteiger partial charge in [-0.3, -0.25) is 9.78 Å². The molecule has 1 amide bonds. The fourth-order valence-electron chi connectivity index (χ4n) is 3.83. The van der Waals surface area contributed by atoms with Crippen LogP contribution in [-0.2, 0) is 11.8 Å². The van der Waals surface area contributed by atoms with Gasteiger partial charge in [-0.25, -0.2) is 4.98 Å². The largest absolute Gasteiger partial charge is 0.496 e.